The van der Waals surface area contributed by atoms with Crippen LogP contribution in [0.25, 0.3) is 0 Å². The lowest BCUT2D eigenvalue weighted by atomic mass is 9.91. The second-order valence-corrected chi connectivity index (χ2v) is 7.94. The Balaban J connectivity index is 1.92. The van der Waals surface area contributed by atoms with E-state index in [0.717, 1.165) is 22.8 Å². The van der Waals surface area contributed by atoms with Crippen molar-refractivity contribution in [3.63, 3.8) is 0 Å². The van der Waals surface area contributed by atoms with Gasteiger partial charge in [-0.05, 0) is 54.2 Å². The van der Waals surface area contributed by atoms with Gasteiger partial charge in [0, 0.05) is 0 Å². The lowest BCUT2D eigenvalue weighted by Crippen LogP contribution is -1.98. The average Bonchev–Trinajstić information content (AvgIpc) is 2.71. The molecule has 3 heteroatoms. The molecule has 0 saturated heterocycles. The minimum atomic E-state index is 0.414. The number of rotatable bonds is 6. The standard InChI is InChI=1S/C26H29N3/c1-18(2)24-14-20(5)15-25(19(3)4)26(24)28-17-23-13-9-12-22(29-23)16-27-21-10-7-6-8-11-21/h6-19H,1-5H3/b27-16+,28-17+. The number of nitrogens with zero attached hydrogens (tertiary/aromatic N) is 3. The first-order valence-electron chi connectivity index (χ1n) is 10.2. The van der Waals surface area contributed by atoms with Gasteiger partial charge in [0.05, 0.1) is 35.2 Å². The van der Waals surface area contributed by atoms with Crippen molar-refractivity contribution in [2.24, 2.45) is 9.98 Å². The number of hydrogen-bond acceptors (Lipinski definition) is 3. The predicted octanol–water partition coefficient (Wildman–Crippen LogP) is 7.14. The van der Waals surface area contributed by atoms with E-state index in [1.807, 2.05) is 54.7 Å². The molecule has 0 atom stereocenters. The predicted molar refractivity (Wildman–Crippen MR) is 125 cm³/mol. The topological polar surface area (TPSA) is 37.6 Å². The molecule has 3 rings (SSSR count). The van der Waals surface area contributed by atoms with Crippen molar-refractivity contribution in [1.29, 1.82) is 0 Å². The first kappa shape index (κ1) is 20.7. The summed E-state index contributed by atoms with van der Waals surface area (Å²) in [6.45, 7) is 11.0. The van der Waals surface area contributed by atoms with Crippen molar-refractivity contribution >= 4 is 23.8 Å². The van der Waals surface area contributed by atoms with Crippen molar-refractivity contribution < 1.29 is 0 Å². The summed E-state index contributed by atoms with van der Waals surface area (Å²) in [6, 6.07) is 20.3. The molecule has 0 aliphatic rings. The highest BCUT2D eigenvalue weighted by Crippen LogP contribution is 2.35. The molecule has 0 spiro atoms. The molecule has 0 saturated carbocycles. The zero-order valence-electron chi connectivity index (χ0n) is 17.9. The van der Waals surface area contributed by atoms with Crippen LogP contribution in [0, 0.1) is 6.92 Å². The van der Waals surface area contributed by atoms with E-state index in [1.54, 1.807) is 6.21 Å². The lowest BCUT2D eigenvalue weighted by Gasteiger charge is -2.17. The van der Waals surface area contributed by atoms with E-state index in [4.69, 9.17) is 4.99 Å². The molecule has 0 aliphatic heterocycles. The normalized spacial score (nSPS) is 12.0. The number of pyridine rings is 1. The zero-order valence-corrected chi connectivity index (χ0v) is 17.9. The molecule has 0 bridgehead atoms. The summed E-state index contributed by atoms with van der Waals surface area (Å²) in [5, 5.41) is 0. The molecule has 148 valence electrons. The molecule has 3 aromatic rings. The van der Waals surface area contributed by atoms with Crippen molar-refractivity contribution in [2.75, 3.05) is 0 Å². The van der Waals surface area contributed by atoms with E-state index in [0.29, 0.717) is 11.8 Å². The Kier molecular flexibility index (Phi) is 6.71. The van der Waals surface area contributed by atoms with Gasteiger partial charge in [-0.1, -0.05) is 69.7 Å². The van der Waals surface area contributed by atoms with Crippen molar-refractivity contribution in [3.8, 4) is 0 Å². The van der Waals surface area contributed by atoms with Crippen LogP contribution in [0.2, 0.25) is 0 Å². The van der Waals surface area contributed by atoms with Gasteiger partial charge in [0.15, 0.2) is 0 Å². The van der Waals surface area contributed by atoms with Crippen LogP contribution in [0.4, 0.5) is 11.4 Å². The fourth-order valence-corrected chi connectivity index (χ4v) is 3.26. The molecule has 1 aromatic heterocycles. The Labute approximate surface area is 174 Å². The maximum atomic E-state index is 4.89. The molecule has 3 nitrogen and oxygen atoms in total. The zero-order chi connectivity index (χ0) is 20.8. The van der Waals surface area contributed by atoms with Crippen molar-refractivity contribution in [1.82, 2.24) is 4.98 Å². The van der Waals surface area contributed by atoms with Crippen LogP contribution in [-0.4, -0.2) is 17.4 Å². The van der Waals surface area contributed by atoms with E-state index < -0.39 is 0 Å². The summed E-state index contributed by atoms with van der Waals surface area (Å²) in [7, 11) is 0. The Bertz CT molecular complexity index is 986. The van der Waals surface area contributed by atoms with Gasteiger partial charge in [-0.3, -0.25) is 9.98 Å². The van der Waals surface area contributed by atoms with Gasteiger partial charge < -0.3 is 0 Å². The van der Waals surface area contributed by atoms with E-state index in [-0.39, 0.29) is 0 Å². The SMILES string of the molecule is Cc1cc(C(C)C)c(/N=C/c2cccc(/C=N/c3ccccc3)n2)c(C(C)C)c1. The Morgan fingerprint density at radius 2 is 1.28 bits per heavy atom. The minimum Gasteiger partial charge on any atom is -0.255 e. The molecule has 1 heterocycles. The van der Waals surface area contributed by atoms with Crippen LogP contribution in [0.15, 0.2) is 70.6 Å². The molecule has 0 fully saturated rings. The van der Waals surface area contributed by atoms with Crippen LogP contribution >= 0.6 is 0 Å². The van der Waals surface area contributed by atoms with Gasteiger partial charge in [0.2, 0.25) is 0 Å². The third-order valence-electron chi connectivity index (χ3n) is 4.78. The first-order valence-corrected chi connectivity index (χ1v) is 10.2. The highest BCUT2D eigenvalue weighted by Gasteiger charge is 2.14. The number of benzene rings is 2. The third-order valence-corrected chi connectivity index (χ3v) is 4.78. The molecule has 0 unspecified atom stereocenters. The van der Waals surface area contributed by atoms with Gasteiger partial charge in [-0.25, -0.2) is 4.98 Å². The van der Waals surface area contributed by atoms with Crippen LogP contribution < -0.4 is 0 Å². The van der Waals surface area contributed by atoms with Gasteiger partial charge in [-0.15, -0.1) is 0 Å². The molecule has 0 N–H and O–H groups in total. The monoisotopic (exact) mass is 383 g/mol. The Morgan fingerprint density at radius 3 is 1.83 bits per heavy atom. The van der Waals surface area contributed by atoms with Crippen LogP contribution in [0.5, 0.6) is 0 Å². The van der Waals surface area contributed by atoms with Gasteiger partial charge in [0.25, 0.3) is 0 Å². The Morgan fingerprint density at radius 1 is 0.724 bits per heavy atom. The maximum absolute atomic E-state index is 4.89. The third kappa shape index (κ3) is 5.47. The van der Waals surface area contributed by atoms with E-state index in [1.165, 1.54) is 16.7 Å². The largest absolute Gasteiger partial charge is 0.255 e. The maximum Gasteiger partial charge on any atom is 0.0820 e. The summed E-state index contributed by atoms with van der Waals surface area (Å²) >= 11 is 0. The molecular formula is C26H29N3. The minimum absolute atomic E-state index is 0.414. The van der Waals surface area contributed by atoms with Gasteiger partial charge in [-0.2, -0.15) is 0 Å². The molecule has 0 amide bonds. The second kappa shape index (κ2) is 9.42. The van der Waals surface area contributed by atoms with Crippen molar-refractivity contribution in [3.05, 3.63) is 88.7 Å². The highest BCUT2D eigenvalue weighted by atomic mass is 14.8. The Hall–Kier alpha value is -3.07. The van der Waals surface area contributed by atoms with E-state index in [2.05, 4.69) is 56.7 Å². The summed E-state index contributed by atoms with van der Waals surface area (Å²) in [4.78, 5) is 14.0. The van der Waals surface area contributed by atoms with Crippen LogP contribution in [0.3, 0.4) is 0 Å². The summed E-state index contributed by atoms with van der Waals surface area (Å²) in [5.74, 6) is 0.827. The van der Waals surface area contributed by atoms with Gasteiger partial charge >= 0.3 is 0 Å². The fourth-order valence-electron chi connectivity index (χ4n) is 3.26. The second-order valence-electron chi connectivity index (χ2n) is 7.94. The van der Waals surface area contributed by atoms with Crippen LogP contribution in [-0.2, 0) is 0 Å². The van der Waals surface area contributed by atoms with E-state index >= 15 is 0 Å². The quantitative estimate of drug-likeness (QED) is 0.417. The molecule has 0 aliphatic carbocycles. The van der Waals surface area contributed by atoms with Gasteiger partial charge in [0.1, 0.15) is 0 Å². The summed E-state index contributed by atoms with van der Waals surface area (Å²) in [6.07, 6.45) is 3.65. The first-order chi connectivity index (χ1) is 13.9. The van der Waals surface area contributed by atoms with E-state index in [9.17, 15) is 0 Å². The van der Waals surface area contributed by atoms with Crippen molar-refractivity contribution in [2.45, 2.75) is 46.5 Å². The highest BCUT2D eigenvalue weighted by molar-refractivity contribution is 5.84. The molecule has 0 radical (unpaired) electrons. The smallest absolute Gasteiger partial charge is 0.0820 e. The number of para-hydroxylation sites is 1. The fraction of sp³-hybridized carbons (Fsp3) is 0.269. The number of aliphatic imine (C=N–C) groups is 2. The lowest BCUT2D eigenvalue weighted by molar-refractivity contribution is 0.832. The number of hydrogen-bond donors (Lipinski definition) is 0. The average molecular weight is 384 g/mol. The number of aryl methyl sites for hydroxylation is 1. The summed E-state index contributed by atoms with van der Waals surface area (Å²) in [5.41, 5.74) is 7.48. The number of aromatic nitrogens is 1. The summed E-state index contributed by atoms with van der Waals surface area (Å²) < 4.78 is 0. The molecule has 2 aromatic carbocycles. The molecule has 29 heavy (non-hydrogen) atoms. The van der Waals surface area contributed by atoms with Crippen LogP contribution in [0.1, 0.15) is 67.6 Å². The molecular weight excluding hydrogens is 354 g/mol.